The van der Waals surface area contributed by atoms with Gasteiger partial charge in [-0.2, -0.15) is 0 Å². The molecule has 0 spiro atoms. The van der Waals surface area contributed by atoms with Crippen molar-refractivity contribution in [1.29, 1.82) is 0 Å². The number of aromatic nitrogens is 1. The summed E-state index contributed by atoms with van der Waals surface area (Å²) in [6.07, 6.45) is 6.86. The molecule has 2 rings (SSSR count). The van der Waals surface area contributed by atoms with Crippen molar-refractivity contribution in [3.05, 3.63) is 30.1 Å². The van der Waals surface area contributed by atoms with Gasteiger partial charge in [0.25, 0.3) is 0 Å². The molecule has 1 N–H and O–H groups in total. The van der Waals surface area contributed by atoms with Crippen LogP contribution in [0.15, 0.2) is 24.5 Å². The summed E-state index contributed by atoms with van der Waals surface area (Å²) in [5.74, 6) is -0.136. The number of amides is 2. The Morgan fingerprint density at radius 3 is 3.00 bits per heavy atom. The maximum atomic E-state index is 12.6. The SMILES string of the molecule is CCCCC1CN(Cc2cccnc2)C(=O)C1CN(O)C=O. The van der Waals surface area contributed by atoms with Gasteiger partial charge in [0.1, 0.15) is 0 Å². The molecule has 2 heterocycles. The second-order valence-electron chi connectivity index (χ2n) is 5.82. The lowest BCUT2D eigenvalue weighted by Crippen LogP contribution is -2.33. The molecule has 0 aliphatic carbocycles. The van der Waals surface area contributed by atoms with E-state index in [1.807, 2.05) is 12.1 Å². The minimum absolute atomic E-state index is 0.00542. The van der Waals surface area contributed by atoms with Crippen LogP contribution in [-0.2, 0) is 16.1 Å². The topological polar surface area (TPSA) is 73.7 Å². The van der Waals surface area contributed by atoms with Gasteiger partial charge in [0.2, 0.25) is 12.3 Å². The van der Waals surface area contributed by atoms with Crippen molar-refractivity contribution >= 4 is 12.3 Å². The Kier molecular flexibility index (Phi) is 5.89. The number of unbranched alkanes of at least 4 members (excludes halogenated alkanes) is 1. The zero-order valence-corrected chi connectivity index (χ0v) is 12.9. The third-order valence-corrected chi connectivity index (χ3v) is 4.18. The molecule has 1 aromatic heterocycles. The molecule has 6 nitrogen and oxygen atoms in total. The molecule has 22 heavy (non-hydrogen) atoms. The minimum atomic E-state index is -0.321. The summed E-state index contributed by atoms with van der Waals surface area (Å²) in [6, 6.07) is 3.79. The number of hydrogen-bond donors (Lipinski definition) is 1. The van der Waals surface area contributed by atoms with E-state index in [1.54, 1.807) is 17.3 Å². The highest BCUT2D eigenvalue weighted by atomic mass is 16.5. The van der Waals surface area contributed by atoms with Crippen LogP contribution in [-0.4, -0.2) is 45.6 Å². The largest absolute Gasteiger partial charge is 0.338 e. The van der Waals surface area contributed by atoms with E-state index in [9.17, 15) is 14.8 Å². The van der Waals surface area contributed by atoms with Crippen molar-refractivity contribution in [3.63, 3.8) is 0 Å². The highest BCUT2D eigenvalue weighted by molar-refractivity contribution is 5.81. The smallest absolute Gasteiger partial charge is 0.233 e. The Balaban J connectivity index is 2.06. The number of hydroxylamine groups is 2. The van der Waals surface area contributed by atoms with Gasteiger partial charge in [-0.05, 0) is 24.0 Å². The molecule has 0 radical (unpaired) electrons. The molecule has 2 unspecified atom stereocenters. The fourth-order valence-electron chi connectivity index (χ4n) is 3.02. The maximum Gasteiger partial charge on any atom is 0.233 e. The molecule has 1 fully saturated rings. The second kappa shape index (κ2) is 7.89. The fourth-order valence-corrected chi connectivity index (χ4v) is 3.02. The number of pyridine rings is 1. The van der Waals surface area contributed by atoms with Crippen molar-refractivity contribution in [2.24, 2.45) is 11.8 Å². The number of rotatable bonds is 8. The van der Waals surface area contributed by atoms with Gasteiger partial charge in [-0.25, -0.2) is 5.06 Å². The molecule has 1 saturated heterocycles. The molecule has 0 saturated carbocycles. The number of hydrogen-bond acceptors (Lipinski definition) is 4. The Labute approximate surface area is 130 Å². The summed E-state index contributed by atoms with van der Waals surface area (Å²) in [5.41, 5.74) is 0.988. The van der Waals surface area contributed by atoms with Crippen molar-refractivity contribution in [2.45, 2.75) is 32.7 Å². The molecular weight excluding hydrogens is 282 g/mol. The summed E-state index contributed by atoms with van der Waals surface area (Å²) in [6.45, 7) is 3.38. The standard InChI is InChI=1S/C16H23N3O3/c1-2-3-6-14-10-18(9-13-5-4-7-17-8-13)16(21)15(14)11-19(22)12-20/h4-5,7-8,12,14-15,22H,2-3,6,9-11H2,1H3. The Morgan fingerprint density at radius 2 is 2.36 bits per heavy atom. The molecule has 2 amide bonds. The zero-order valence-electron chi connectivity index (χ0n) is 12.9. The van der Waals surface area contributed by atoms with E-state index in [-0.39, 0.29) is 24.3 Å². The third-order valence-electron chi connectivity index (χ3n) is 4.18. The van der Waals surface area contributed by atoms with Crippen LogP contribution in [0.25, 0.3) is 0 Å². The van der Waals surface area contributed by atoms with Gasteiger partial charge in [-0.1, -0.05) is 25.8 Å². The monoisotopic (exact) mass is 305 g/mol. The molecule has 1 aromatic rings. The summed E-state index contributed by atoms with van der Waals surface area (Å²) < 4.78 is 0. The maximum absolute atomic E-state index is 12.6. The van der Waals surface area contributed by atoms with Crippen molar-refractivity contribution < 1.29 is 14.8 Å². The lowest BCUT2D eigenvalue weighted by molar-refractivity contribution is -0.155. The van der Waals surface area contributed by atoms with Crippen LogP contribution in [0.4, 0.5) is 0 Å². The van der Waals surface area contributed by atoms with Crippen LogP contribution in [0.1, 0.15) is 31.7 Å². The highest BCUT2D eigenvalue weighted by Gasteiger charge is 2.40. The van der Waals surface area contributed by atoms with Crippen LogP contribution in [0, 0.1) is 11.8 Å². The first-order valence-corrected chi connectivity index (χ1v) is 7.74. The van der Waals surface area contributed by atoms with E-state index >= 15 is 0 Å². The summed E-state index contributed by atoms with van der Waals surface area (Å²) in [4.78, 5) is 29.1. The third kappa shape index (κ3) is 4.04. The van der Waals surface area contributed by atoms with Gasteiger partial charge in [0.15, 0.2) is 0 Å². The lowest BCUT2D eigenvalue weighted by atomic mass is 9.90. The summed E-state index contributed by atoms with van der Waals surface area (Å²) in [7, 11) is 0. The average Bonchev–Trinajstić information content (AvgIpc) is 2.82. The van der Waals surface area contributed by atoms with Crippen molar-refractivity contribution in [2.75, 3.05) is 13.1 Å². The van der Waals surface area contributed by atoms with Crippen molar-refractivity contribution in [3.8, 4) is 0 Å². The molecule has 6 heteroatoms. The Morgan fingerprint density at radius 1 is 1.55 bits per heavy atom. The lowest BCUT2D eigenvalue weighted by Gasteiger charge is -2.19. The van der Waals surface area contributed by atoms with E-state index in [1.165, 1.54) is 0 Å². The fraction of sp³-hybridized carbons (Fsp3) is 0.562. The number of carbonyl (C=O) groups excluding carboxylic acids is 2. The molecule has 1 aliphatic rings. The van der Waals surface area contributed by atoms with E-state index in [2.05, 4.69) is 11.9 Å². The molecular formula is C16H23N3O3. The van der Waals surface area contributed by atoms with Gasteiger partial charge in [-0.3, -0.25) is 19.8 Å². The molecule has 120 valence electrons. The van der Waals surface area contributed by atoms with Gasteiger partial charge in [-0.15, -0.1) is 0 Å². The van der Waals surface area contributed by atoms with E-state index in [0.29, 0.717) is 24.6 Å². The Hall–Kier alpha value is -1.95. The number of nitrogens with zero attached hydrogens (tertiary/aromatic N) is 3. The first-order chi connectivity index (χ1) is 10.7. The van der Waals surface area contributed by atoms with Gasteiger partial charge in [0, 0.05) is 25.5 Å². The first kappa shape index (κ1) is 16.4. The van der Waals surface area contributed by atoms with Crippen LogP contribution in [0.5, 0.6) is 0 Å². The van der Waals surface area contributed by atoms with E-state index < -0.39 is 0 Å². The van der Waals surface area contributed by atoms with E-state index in [4.69, 9.17) is 0 Å². The van der Waals surface area contributed by atoms with Crippen LogP contribution < -0.4 is 0 Å². The van der Waals surface area contributed by atoms with Gasteiger partial charge in [0.05, 0.1) is 12.5 Å². The second-order valence-corrected chi connectivity index (χ2v) is 5.82. The average molecular weight is 305 g/mol. The van der Waals surface area contributed by atoms with Crippen LogP contribution in [0.2, 0.25) is 0 Å². The number of carbonyl (C=O) groups is 2. The highest BCUT2D eigenvalue weighted by Crippen LogP contribution is 2.30. The van der Waals surface area contributed by atoms with Gasteiger partial charge >= 0.3 is 0 Å². The predicted molar refractivity (Wildman–Crippen MR) is 80.7 cm³/mol. The predicted octanol–water partition coefficient (Wildman–Crippen LogP) is 1.69. The van der Waals surface area contributed by atoms with Crippen LogP contribution >= 0.6 is 0 Å². The molecule has 0 aromatic carbocycles. The van der Waals surface area contributed by atoms with Gasteiger partial charge < -0.3 is 4.90 Å². The quantitative estimate of drug-likeness (QED) is 0.450. The normalized spacial score (nSPS) is 21.2. The van der Waals surface area contributed by atoms with Crippen LogP contribution in [0.3, 0.4) is 0 Å². The molecule has 2 atom stereocenters. The Bertz CT molecular complexity index is 495. The summed E-state index contributed by atoms with van der Waals surface area (Å²) in [5, 5.41) is 10.0. The zero-order chi connectivity index (χ0) is 15.9. The minimum Gasteiger partial charge on any atom is -0.338 e. The van der Waals surface area contributed by atoms with Crippen molar-refractivity contribution in [1.82, 2.24) is 14.9 Å². The molecule has 1 aliphatic heterocycles. The first-order valence-electron chi connectivity index (χ1n) is 7.74. The summed E-state index contributed by atoms with van der Waals surface area (Å²) >= 11 is 0. The number of likely N-dealkylation sites (tertiary alicyclic amines) is 1. The van der Waals surface area contributed by atoms with E-state index in [0.717, 1.165) is 24.8 Å². The molecule has 0 bridgehead atoms.